The molecule has 1 spiro atoms. The van der Waals surface area contributed by atoms with Gasteiger partial charge in [0.1, 0.15) is 12.1 Å². The lowest BCUT2D eigenvalue weighted by molar-refractivity contribution is -0.135. The molecule has 1 saturated heterocycles. The van der Waals surface area contributed by atoms with Crippen molar-refractivity contribution in [1.82, 2.24) is 15.5 Å². The second-order valence-corrected chi connectivity index (χ2v) is 8.41. The molecule has 7 heteroatoms. The third-order valence-corrected chi connectivity index (χ3v) is 6.15. The van der Waals surface area contributed by atoms with Gasteiger partial charge in [-0.25, -0.2) is 4.79 Å². The van der Waals surface area contributed by atoms with Crippen molar-refractivity contribution >= 4 is 29.4 Å². The van der Waals surface area contributed by atoms with Crippen molar-refractivity contribution in [3.63, 3.8) is 0 Å². The van der Waals surface area contributed by atoms with E-state index in [1.165, 1.54) is 0 Å². The van der Waals surface area contributed by atoms with Crippen LogP contribution in [0, 0.1) is 0 Å². The summed E-state index contributed by atoms with van der Waals surface area (Å²) in [4.78, 5) is 39.0. The zero-order chi connectivity index (χ0) is 21.1. The summed E-state index contributed by atoms with van der Waals surface area (Å²) in [5, 5.41) is 6.46. The van der Waals surface area contributed by atoms with Gasteiger partial charge in [-0.1, -0.05) is 66.9 Å². The SMILES string of the molecule is O=C(CN1C(=O)NC2(CCCC2)C1=O)NC(Cc1ccc(Cl)cc1)c1ccccc1. The van der Waals surface area contributed by atoms with Crippen LogP contribution in [0.25, 0.3) is 0 Å². The maximum absolute atomic E-state index is 12.8. The van der Waals surface area contributed by atoms with Gasteiger partial charge in [-0.2, -0.15) is 0 Å². The average Bonchev–Trinajstić information content (AvgIpc) is 3.30. The molecule has 2 fully saturated rings. The zero-order valence-electron chi connectivity index (χ0n) is 16.6. The van der Waals surface area contributed by atoms with Crippen molar-refractivity contribution in [2.45, 2.75) is 43.7 Å². The third kappa shape index (κ3) is 4.19. The molecule has 1 unspecified atom stereocenters. The summed E-state index contributed by atoms with van der Waals surface area (Å²) >= 11 is 5.98. The highest BCUT2D eigenvalue weighted by atomic mass is 35.5. The minimum Gasteiger partial charge on any atom is -0.347 e. The number of hydrogen-bond acceptors (Lipinski definition) is 3. The van der Waals surface area contributed by atoms with Crippen LogP contribution in [0.3, 0.4) is 0 Å². The fourth-order valence-electron chi connectivity index (χ4n) is 4.31. The highest BCUT2D eigenvalue weighted by Gasteiger charge is 2.52. The van der Waals surface area contributed by atoms with Crippen LogP contribution in [-0.4, -0.2) is 34.8 Å². The number of carbonyl (C=O) groups excluding carboxylic acids is 3. The first-order chi connectivity index (χ1) is 14.5. The Morgan fingerprint density at radius 2 is 1.73 bits per heavy atom. The highest BCUT2D eigenvalue weighted by molar-refractivity contribution is 6.30. The molecule has 6 nitrogen and oxygen atoms in total. The van der Waals surface area contributed by atoms with Gasteiger partial charge in [0.2, 0.25) is 5.91 Å². The second-order valence-electron chi connectivity index (χ2n) is 7.97. The van der Waals surface area contributed by atoms with E-state index in [9.17, 15) is 14.4 Å². The smallest absolute Gasteiger partial charge is 0.325 e. The summed E-state index contributed by atoms with van der Waals surface area (Å²) in [6.45, 7) is -0.281. The molecule has 2 N–H and O–H groups in total. The zero-order valence-corrected chi connectivity index (χ0v) is 17.3. The van der Waals surface area contributed by atoms with Crippen molar-refractivity contribution in [2.75, 3.05) is 6.54 Å². The molecule has 0 aromatic heterocycles. The van der Waals surface area contributed by atoms with Crippen LogP contribution < -0.4 is 10.6 Å². The largest absolute Gasteiger partial charge is 0.347 e. The first kappa shape index (κ1) is 20.4. The van der Waals surface area contributed by atoms with Gasteiger partial charge in [-0.15, -0.1) is 0 Å². The number of benzene rings is 2. The second kappa shape index (κ2) is 8.48. The van der Waals surface area contributed by atoms with E-state index in [0.29, 0.717) is 24.3 Å². The predicted octanol–water partition coefficient (Wildman–Crippen LogP) is 3.60. The molecule has 1 aliphatic heterocycles. The lowest BCUT2D eigenvalue weighted by atomic mass is 9.98. The normalized spacial score (nSPS) is 18.5. The lowest BCUT2D eigenvalue weighted by Crippen LogP contribution is -2.45. The van der Waals surface area contributed by atoms with E-state index < -0.39 is 11.6 Å². The summed E-state index contributed by atoms with van der Waals surface area (Å²) < 4.78 is 0. The first-order valence-electron chi connectivity index (χ1n) is 10.2. The quantitative estimate of drug-likeness (QED) is 0.694. The third-order valence-electron chi connectivity index (χ3n) is 5.89. The number of imide groups is 1. The van der Waals surface area contributed by atoms with Gasteiger partial charge >= 0.3 is 6.03 Å². The minimum absolute atomic E-state index is 0.281. The fraction of sp³-hybridized carbons (Fsp3) is 0.348. The molecule has 2 aromatic rings. The van der Waals surface area contributed by atoms with Gasteiger partial charge in [0.15, 0.2) is 0 Å². The van der Waals surface area contributed by atoms with Gasteiger partial charge in [0, 0.05) is 5.02 Å². The molecule has 4 amide bonds. The highest BCUT2D eigenvalue weighted by Crippen LogP contribution is 2.35. The van der Waals surface area contributed by atoms with Crippen molar-refractivity contribution in [1.29, 1.82) is 0 Å². The Bertz CT molecular complexity index is 940. The van der Waals surface area contributed by atoms with E-state index in [-0.39, 0.29) is 24.4 Å². The number of rotatable bonds is 6. The van der Waals surface area contributed by atoms with Crippen molar-refractivity contribution in [2.24, 2.45) is 0 Å². The van der Waals surface area contributed by atoms with Gasteiger partial charge in [-0.05, 0) is 42.5 Å². The van der Waals surface area contributed by atoms with Gasteiger partial charge in [0.25, 0.3) is 5.91 Å². The molecule has 1 saturated carbocycles. The van der Waals surface area contributed by atoms with E-state index in [1.807, 2.05) is 54.6 Å². The van der Waals surface area contributed by atoms with Crippen LogP contribution in [0.4, 0.5) is 4.79 Å². The van der Waals surface area contributed by atoms with Crippen molar-refractivity contribution < 1.29 is 14.4 Å². The number of halogens is 1. The van der Waals surface area contributed by atoms with E-state index in [1.54, 1.807) is 0 Å². The van der Waals surface area contributed by atoms with Crippen molar-refractivity contribution in [3.05, 3.63) is 70.7 Å². The van der Waals surface area contributed by atoms with E-state index in [0.717, 1.165) is 28.9 Å². The van der Waals surface area contributed by atoms with E-state index in [4.69, 9.17) is 11.6 Å². The van der Waals surface area contributed by atoms with Gasteiger partial charge in [-0.3, -0.25) is 14.5 Å². The standard InChI is InChI=1S/C23H24ClN3O3/c24-18-10-8-16(9-11-18)14-19(17-6-2-1-3-7-17)25-20(28)15-27-21(29)23(26-22(27)30)12-4-5-13-23/h1-3,6-11,19H,4-5,12-15H2,(H,25,28)(H,26,30). The molecular weight excluding hydrogens is 402 g/mol. The first-order valence-corrected chi connectivity index (χ1v) is 10.6. The molecule has 1 atom stereocenters. The predicted molar refractivity (Wildman–Crippen MR) is 114 cm³/mol. The van der Waals surface area contributed by atoms with Crippen LogP contribution in [0.15, 0.2) is 54.6 Å². The van der Waals surface area contributed by atoms with Crippen LogP contribution in [0.2, 0.25) is 5.02 Å². The van der Waals surface area contributed by atoms with Crippen LogP contribution in [0.1, 0.15) is 42.9 Å². The average molecular weight is 426 g/mol. The maximum Gasteiger partial charge on any atom is 0.325 e. The Morgan fingerprint density at radius 3 is 2.40 bits per heavy atom. The maximum atomic E-state index is 12.8. The van der Waals surface area contributed by atoms with E-state index in [2.05, 4.69) is 10.6 Å². The molecule has 156 valence electrons. The van der Waals surface area contributed by atoms with E-state index >= 15 is 0 Å². The molecule has 1 heterocycles. The molecule has 0 radical (unpaired) electrons. The molecule has 1 aliphatic carbocycles. The number of urea groups is 1. The van der Waals surface area contributed by atoms with Gasteiger partial charge < -0.3 is 10.6 Å². The Kier molecular flexibility index (Phi) is 5.77. The number of carbonyl (C=O) groups is 3. The minimum atomic E-state index is -0.806. The van der Waals surface area contributed by atoms with Crippen molar-refractivity contribution in [3.8, 4) is 0 Å². The Morgan fingerprint density at radius 1 is 1.07 bits per heavy atom. The monoisotopic (exact) mass is 425 g/mol. The molecule has 2 aliphatic rings. The molecular formula is C23H24ClN3O3. The molecule has 30 heavy (non-hydrogen) atoms. The topological polar surface area (TPSA) is 78.5 Å². The molecule has 4 rings (SSSR count). The summed E-state index contributed by atoms with van der Waals surface area (Å²) in [5.74, 6) is -0.648. The number of amides is 4. The summed E-state index contributed by atoms with van der Waals surface area (Å²) in [6.07, 6.45) is 3.65. The van der Waals surface area contributed by atoms with Crippen LogP contribution in [-0.2, 0) is 16.0 Å². The Labute approximate surface area is 180 Å². The molecule has 0 bridgehead atoms. The number of hydrogen-bond donors (Lipinski definition) is 2. The van der Waals surface area contributed by atoms with Gasteiger partial charge in [0.05, 0.1) is 6.04 Å². The lowest BCUT2D eigenvalue weighted by Gasteiger charge is -2.22. The number of nitrogens with one attached hydrogen (secondary N) is 2. The Balaban J connectivity index is 1.47. The van der Waals surface area contributed by atoms with Crippen LogP contribution >= 0.6 is 11.6 Å². The molecule has 2 aromatic carbocycles. The summed E-state index contributed by atoms with van der Waals surface area (Å²) in [5.41, 5.74) is 1.16. The Hall–Kier alpha value is -2.86. The fourth-order valence-corrected chi connectivity index (χ4v) is 4.44. The van der Waals surface area contributed by atoms with Crippen LogP contribution in [0.5, 0.6) is 0 Å². The summed E-state index contributed by atoms with van der Waals surface area (Å²) in [7, 11) is 0. The summed E-state index contributed by atoms with van der Waals surface area (Å²) in [6, 6.07) is 16.3. The number of nitrogens with zero attached hydrogens (tertiary/aromatic N) is 1.